The van der Waals surface area contributed by atoms with E-state index in [1.165, 1.54) is 19.5 Å². The van der Waals surface area contributed by atoms with Crippen LogP contribution >= 0.6 is 23.2 Å². The number of carbonyl (C=O) groups is 1. The summed E-state index contributed by atoms with van der Waals surface area (Å²) in [5, 5.41) is 3.60. The molecule has 0 spiro atoms. The number of halogens is 2. The predicted molar refractivity (Wildman–Crippen MR) is 73.1 cm³/mol. The summed E-state index contributed by atoms with van der Waals surface area (Å²) in [6, 6.07) is 4.88. The second-order valence-corrected chi connectivity index (χ2v) is 4.33. The van der Waals surface area contributed by atoms with Crippen molar-refractivity contribution in [3.8, 4) is 0 Å². The summed E-state index contributed by atoms with van der Waals surface area (Å²) in [6.07, 6.45) is 2.90. The van der Waals surface area contributed by atoms with Crippen LogP contribution in [-0.2, 0) is 4.74 Å². The number of hydrogen-bond acceptors (Lipinski definition) is 5. The summed E-state index contributed by atoms with van der Waals surface area (Å²) >= 11 is 11.6. The maximum absolute atomic E-state index is 11.5. The Morgan fingerprint density at radius 1 is 1.26 bits per heavy atom. The van der Waals surface area contributed by atoms with Crippen LogP contribution in [0, 0.1) is 0 Å². The van der Waals surface area contributed by atoms with Crippen molar-refractivity contribution in [1.82, 2.24) is 9.97 Å². The lowest BCUT2D eigenvalue weighted by Gasteiger charge is -2.08. The van der Waals surface area contributed by atoms with Crippen LogP contribution in [0.3, 0.4) is 0 Å². The van der Waals surface area contributed by atoms with Gasteiger partial charge >= 0.3 is 5.97 Å². The number of ether oxygens (including phenoxy) is 1. The van der Waals surface area contributed by atoms with E-state index in [0.717, 1.165) is 0 Å². The van der Waals surface area contributed by atoms with Gasteiger partial charge in [-0.1, -0.05) is 23.2 Å². The first-order valence-corrected chi connectivity index (χ1v) is 5.98. The van der Waals surface area contributed by atoms with Gasteiger partial charge in [0.2, 0.25) is 0 Å². The molecule has 1 N–H and O–H groups in total. The van der Waals surface area contributed by atoms with Crippen LogP contribution in [-0.4, -0.2) is 23.0 Å². The van der Waals surface area contributed by atoms with Crippen molar-refractivity contribution in [1.29, 1.82) is 0 Å². The van der Waals surface area contributed by atoms with Gasteiger partial charge in [-0.3, -0.25) is 0 Å². The molecule has 0 fully saturated rings. The maximum Gasteiger partial charge on any atom is 0.339 e. The Bertz CT molecular complexity index is 602. The fraction of sp³-hybridized carbons (Fsp3) is 0.0833. The molecule has 0 unspecified atom stereocenters. The van der Waals surface area contributed by atoms with Gasteiger partial charge in [-0.15, -0.1) is 0 Å². The van der Waals surface area contributed by atoms with Crippen LogP contribution in [0.4, 0.5) is 11.5 Å². The minimum atomic E-state index is -0.504. The Hall–Kier alpha value is -1.85. The second-order valence-electron chi connectivity index (χ2n) is 3.54. The molecule has 0 aliphatic heterocycles. The third-order valence-corrected chi connectivity index (χ3v) is 2.79. The second kappa shape index (κ2) is 5.86. The molecule has 1 aromatic carbocycles. The molecule has 0 aliphatic rings. The van der Waals surface area contributed by atoms with Crippen molar-refractivity contribution >= 4 is 40.7 Å². The molecule has 5 nitrogen and oxygen atoms in total. The van der Waals surface area contributed by atoms with Gasteiger partial charge in [0.05, 0.1) is 30.1 Å². The molecule has 0 atom stereocenters. The molecule has 7 heteroatoms. The number of nitrogens with zero attached hydrogens (tertiary/aromatic N) is 2. The molecular weight excluding hydrogens is 289 g/mol. The predicted octanol–water partition coefficient (Wildman–Crippen LogP) is 3.31. The number of methoxy groups -OCH3 is 1. The molecule has 0 saturated carbocycles. The quantitative estimate of drug-likeness (QED) is 0.881. The molecule has 19 heavy (non-hydrogen) atoms. The number of nitrogens with one attached hydrogen (secondary N) is 1. The first kappa shape index (κ1) is 13.6. The molecule has 0 radical (unpaired) electrons. The van der Waals surface area contributed by atoms with E-state index in [1.54, 1.807) is 18.2 Å². The van der Waals surface area contributed by atoms with Crippen LogP contribution in [0.25, 0.3) is 0 Å². The van der Waals surface area contributed by atoms with Crippen molar-refractivity contribution in [2.24, 2.45) is 0 Å². The Morgan fingerprint density at radius 3 is 2.68 bits per heavy atom. The van der Waals surface area contributed by atoms with E-state index in [-0.39, 0.29) is 5.56 Å². The molecule has 0 bridgehead atoms. The zero-order valence-electron chi connectivity index (χ0n) is 9.85. The lowest BCUT2D eigenvalue weighted by molar-refractivity contribution is 0.0601. The molecule has 1 aromatic heterocycles. The minimum absolute atomic E-state index is 0.274. The average molecular weight is 298 g/mol. The van der Waals surface area contributed by atoms with Crippen LogP contribution in [0.5, 0.6) is 0 Å². The highest BCUT2D eigenvalue weighted by Gasteiger charge is 2.11. The highest BCUT2D eigenvalue weighted by Crippen LogP contribution is 2.23. The smallest absolute Gasteiger partial charge is 0.339 e. The SMILES string of the molecule is COC(=O)c1cc(Nc2cnc(Cl)cn2)ccc1Cl. The fourth-order valence-electron chi connectivity index (χ4n) is 1.39. The number of anilines is 2. The summed E-state index contributed by atoms with van der Waals surface area (Å²) in [7, 11) is 1.30. The van der Waals surface area contributed by atoms with Crippen molar-refractivity contribution in [2.45, 2.75) is 0 Å². The van der Waals surface area contributed by atoms with Crippen molar-refractivity contribution in [3.05, 3.63) is 46.3 Å². The number of carbonyl (C=O) groups excluding carboxylic acids is 1. The standard InChI is InChI=1S/C12H9Cl2N3O2/c1-19-12(18)8-4-7(2-3-9(8)13)17-11-6-15-10(14)5-16-11/h2-6H,1H3,(H,16,17). The first-order chi connectivity index (χ1) is 9.10. The topological polar surface area (TPSA) is 64.1 Å². The van der Waals surface area contributed by atoms with Gasteiger partial charge in [0.25, 0.3) is 0 Å². The Morgan fingerprint density at radius 2 is 2.05 bits per heavy atom. The van der Waals surface area contributed by atoms with Gasteiger partial charge in [-0.05, 0) is 18.2 Å². The van der Waals surface area contributed by atoms with Gasteiger partial charge in [-0.2, -0.15) is 0 Å². The van der Waals surface area contributed by atoms with Crippen molar-refractivity contribution in [3.63, 3.8) is 0 Å². The zero-order valence-corrected chi connectivity index (χ0v) is 11.4. The maximum atomic E-state index is 11.5. The van der Waals surface area contributed by atoms with Gasteiger partial charge in [0.1, 0.15) is 11.0 Å². The van der Waals surface area contributed by atoms with E-state index in [0.29, 0.717) is 21.7 Å². The van der Waals surface area contributed by atoms with Gasteiger partial charge in [-0.25, -0.2) is 14.8 Å². The number of aromatic nitrogens is 2. The zero-order chi connectivity index (χ0) is 13.8. The summed E-state index contributed by atoms with van der Waals surface area (Å²) in [4.78, 5) is 19.4. The number of hydrogen-bond donors (Lipinski definition) is 1. The average Bonchev–Trinajstić information content (AvgIpc) is 2.42. The highest BCUT2D eigenvalue weighted by atomic mass is 35.5. The van der Waals surface area contributed by atoms with Gasteiger partial charge < -0.3 is 10.1 Å². The van der Waals surface area contributed by atoms with Crippen LogP contribution in [0.2, 0.25) is 10.2 Å². The van der Waals surface area contributed by atoms with E-state index in [9.17, 15) is 4.79 Å². The Kier molecular flexibility index (Phi) is 4.19. The third-order valence-electron chi connectivity index (χ3n) is 2.26. The molecular formula is C12H9Cl2N3O2. The normalized spacial score (nSPS) is 10.1. The van der Waals surface area contributed by atoms with Crippen LogP contribution in [0.1, 0.15) is 10.4 Å². The Balaban J connectivity index is 2.26. The monoisotopic (exact) mass is 297 g/mol. The molecule has 0 amide bonds. The number of benzene rings is 1. The van der Waals surface area contributed by atoms with E-state index in [2.05, 4.69) is 20.0 Å². The first-order valence-electron chi connectivity index (χ1n) is 5.22. The van der Waals surface area contributed by atoms with E-state index in [4.69, 9.17) is 23.2 Å². The summed E-state index contributed by atoms with van der Waals surface area (Å²) in [6.45, 7) is 0. The minimum Gasteiger partial charge on any atom is -0.465 e. The van der Waals surface area contributed by atoms with E-state index < -0.39 is 5.97 Å². The van der Waals surface area contributed by atoms with Crippen LogP contribution in [0.15, 0.2) is 30.6 Å². The molecule has 0 saturated heterocycles. The molecule has 0 aliphatic carbocycles. The van der Waals surface area contributed by atoms with E-state index in [1.807, 2.05) is 0 Å². The van der Waals surface area contributed by atoms with E-state index >= 15 is 0 Å². The summed E-state index contributed by atoms with van der Waals surface area (Å²) < 4.78 is 4.64. The lowest BCUT2D eigenvalue weighted by Crippen LogP contribution is -2.03. The van der Waals surface area contributed by atoms with Gasteiger partial charge in [0, 0.05) is 5.69 Å². The molecule has 2 aromatic rings. The highest BCUT2D eigenvalue weighted by molar-refractivity contribution is 6.33. The lowest BCUT2D eigenvalue weighted by atomic mass is 10.2. The van der Waals surface area contributed by atoms with Crippen molar-refractivity contribution in [2.75, 3.05) is 12.4 Å². The van der Waals surface area contributed by atoms with Crippen LogP contribution < -0.4 is 5.32 Å². The molecule has 98 valence electrons. The molecule has 1 heterocycles. The fourth-order valence-corrected chi connectivity index (χ4v) is 1.69. The number of esters is 1. The van der Waals surface area contributed by atoms with Gasteiger partial charge in [0.15, 0.2) is 0 Å². The largest absolute Gasteiger partial charge is 0.465 e. The summed E-state index contributed by atoms with van der Waals surface area (Å²) in [5.74, 6) is -0.00150. The Labute approximate surface area is 119 Å². The molecule has 2 rings (SSSR count). The summed E-state index contributed by atoms with van der Waals surface area (Å²) in [5.41, 5.74) is 0.914. The van der Waals surface area contributed by atoms with Crippen molar-refractivity contribution < 1.29 is 9.53 Å². The third kappa shape index (κ3) is 3.33. The number of rotatable bonds is 3.